The first-order valence-corrected chi connectivity index (χ1v) is 8.48. The van der Waals surface area contributed by atoms with Gasteiger partial charge in [-0.25, -0.2) is 4.98 Å². The average molecular weight is 340 g/mol. The van der Waals surface area contributed by atoms with Gasteiger partial charge in [0.15, 0.2) is 12.4 Å². The zero-order valence-corrected chi connectivity index (χ0v) is 14.1. The monoisotopic (exact) mass is 340 g/mol. The Morgan fingerprint density at radius 2 is 2.28 bits per heavy atom. The van der Waals surface area contributed by atoms with Crippen molar-refractivity contribution >= 4 is 17.5 Å². The summed E-state index contributed by atoms with van der Waals surface area (Å²) in [5.74, 6) is 1.16. The average Bonchev–Trinajstić information content (AvgIpc) is 3.06. The highest BCUT2D eigenvalue weighted by Crippen LogP contribution is 2.33. The van der Waals surface area contributed by atoms with Crippen molar-refractivity contribution in [1.82, 2.24) is 14.5 Å². The quantitative estimate of drug-likeness (QED) is 0.907. The summed E-state index contributed by atoms with van der Waals surface area (Å²) in [6.07, 6.45) is 5.73. The van der Waals surface area contributed by atoms with Crippen LogP contribution in [-0.4, -0.2) is 46.0 Å². The molecule has 2 amide bonds. The van der Waals surface area contributed by atoms with E-state index < -0.39 is 0 Å². The number of para-hydroxylation sites is 1. The van der Waals surface area contributed by atoms with Gasteiger partial charge in [-0.15, -0.1) is 0 Å². The molecule has 2 aliphatic heterocycles. The van der Waals surface area contributed by atoms with Gasteiger partial charge in [-0.05, 0) is 31.9 Å². The van der Waals surface area contributed by atoms with E-state index in [0.29, 0.717) is 23.5 Å². The van der Waals surface area contributed by atoms with Gasteiger partial charge in [0.25, 0.3) is 11.8 Å². The molecule has 2 aliphatic rings. The molecule has 1 N–H and O–H groups in total. The van der Waals surface area contributed by atoms with Gasteiger partial charge in [0.1, 0.15) is 5.82 Å². The molecule has 2 aromatic rings. The first-order valence-electron chi connectivity index (χ1n) is 8.48. The second-order valence-electron chi connectivity index (χ2n) is 6.45. The summed E-state index contributed by atoms with van der Waals surface area (Å²) in [5, 5.41) is 2.75. The van der Waals surface area contributed by atoms with Crippen molar-refractivity contribution in [3.8, 4) is 5.75 Å². The molecule has 1 atom stereocenters. The van der Waals surface area contributed by atoms with Crippen LogP contribution in [0.2, 0.25) is 0 Å². The van der Waals surface area contributed by atoms with Crippen LogP contribution in [0.15, 0.2) is 30.6 Å². The van der Waals surface area contributed by atoms with E-state index in [1.165, 1.54) is 0 Å². The van der Waals surface area contributed by atoms with Gasteiger partial charge in [0.2, 0.25) is 0 Å². The lowest BCUT2D eigenvalue weighted by Crippen LogP contribution is -2.41. The van der Waals surface area contributed by atoms with E-state index in [-0.39, 0.29) is 24.5 Å². The molecule has 0 saturated carbocycles. The van der Waals surface area contributed by atoms with Crippen LogP contribution in [0.4, 0.5) is 5.69 Å². The third-order valence-corrected chi connectivity index (χ3v) is 4.81. The van der Waals surface area contributed by atoms with E-state index in [2.05, 4.69) is 14.9 Å². The van der Waals surface area contributed by atoms with Crippen LogP contribution in [0.5, 0.6) is 5.75 Å². The Kier molecular flexibility index (Phi) is 3.91. The molecule has 25 heavy (non-hydrogen) atoms. The third-order valence-electron chi connectivity index (χ3n) is 4.81. The van der Waals surface area contributed by atoms with E-state index in [1.807, 2.05) is 18.0 Å². The number of piperidine rings is 1. The highest BCUT2D eigenvalue weighted by molar-refractivity contribution is 6.03. The van der Waals surface area contributed by atoms with E-state index in [4.69, 9.17) is 4.74 Å². The molecule has 7 nitrogen and oxygen atoms in total. The van der Waals surface area contributed by atoms with E-state index in [9.17, 15) is 9.59 Å². The number of amides is 2. The number of carbonyl (C=O) groups is 2. The van der Waals surface area contributed by atoms with Gasteiger partial charge in [0, 0.05) is 25.5 Å². The minimum atomic E-state index is -0.203. The molecule has 130 valence electrons. The summed E-state index contributed by atoms with van der Waals surface area (Å²) in [6, 6.07) is 5.50. The molecule has 0 bridgehead atoms. The summed E-state index contributed by atoms with van der Waals surface area (Å²) in [4.78, 5) is 30.7. The van der Waals surface area contributed by atoms with Gasteiger partial charge in [-0.1, -0.05) is 6.07 Å². The van der Waals surface area contributed by atoms with Crippen LogP contribution in [-0.2, 0) is 4.79 Å². The minimum absolute atomic E-state index is 0.0598. The van der Waals surface area contributed by atoms with Crippen LogP contribution >= 0.6 is 0 Å². The van der Waals surface area contributed by atoms with Crippen molar-refractivity contribution in [2.24, 2.45) is 0 Å². The van der Waals surface area contributed by atoms with Crippen LogP contribution in [0, 0.1) is 6.92 Å². The van der Waals surface area contributed by atoms with Crippen molar-refractivity contribution < 1.29 is 14.3 Å². The molecule has 1 aromatic carbocycles. The summed E-state index contributed by atoms with van der Waals surface area (Å²) in [7, 11) is 0. The van der Waals surface area contributed by atoms with E-state index >= 15 is 0 Å². The van der Waals surface area contributed by atoms with Crippen molar-refractivity contribution in [3.05, 3.63) is 42.0 Å². The normalized spacial score (nSPS) is 19.8. The molecule has 1 fully saturated rings. The topological polar surface area (TPSA) is 76.5 Å². The van der Waals surface area contributed by atoms with Crippen LogP contribution < -0.4 is 10.1 Å². The zero-order valence-electron chi connectivity index (χ0n) is 14.1. The Hall–Kier alpha value is -2.83. The van der Waals surface area contributed by atoms with Gasteiger partial charge in [-0.2, -0.15) is 0 Å². The summed E-state index contributed by atoms with van der Waals surface area (Å²) >= 11 is 0. The SMILES string of the molecule is Cc1nccn1C1CCCN(C(=O)c2cccc3c2OCC(=O)N3)C1. The first kappa shape index (κ1) is 15.7. The van der Waals surface area contributed by atoms with Gasteiger partial charge >= 0.3 is 0 Å². The number of benzene rings is 1. The Bertz CT molecular complexity index is 829. The second-order valence-corrected chi connectivity index (χ2v) is 6.45. The zero-order chi connectivity index (χ0) is 17.4. The van der Waals surface area contributed by atoms with Crippen LogP contribution in [0.3, 0.4) is 0 Å². The summed E-state index contributed by atoms with van der Waals surface area (Å²) in [5.41, 5.74) is 1.06. The number of hydrogen-bond acceptors (Lipinski definition) is 4. The fourth-order valence-corrected chi connectivity index (χ4v) is 3.59. The molecule has 0 radical (unpaired) electrons. The second kappa shape index (κ2) is 6.23. The Morgan fingerprint density at radius 3 is 3.08 bits per heavy atom. The maximum Gasteiger partial charge on any atom is 0.262 e. The van der Waals surface area contributed by atoms with Crippen LogP contribution in [0.25, 0.3) is 0 Å². The predicted octanol–water partition coefficient (Wildman–Crippen LogP) is 2.00. The number of hydrogen-bond donors (Lipinski definition) is 1. The standard InChI is InChI=1S/C18H20N4O3/c1-12-19-7-9-22(12)13-4-3-8-21(10-13)18(24)14-5-2-6-15-17(14)25-11-16(23)20-15/h2,5-7,9,13H,3-4,8,10-11H2,1H3,(H,20,23). The highest BCUT2D eigenvalue weighted by atomic mass is 16.5. The molecule has 0 aliphatic carbocycles. The number of aromatic nitrogens is 2. The number of likely N-dealkylation sites (tertiary alicyclic amines) is 1. The molecule has 1 saturated heterocycles. The maximum absolute atomic E-state index is 13.1. The number of ether oxygens (including phenoxy) is 1. The number of nitrogens with one attached hydrogen (secondary N) is 1. The molecule has 3 heterocycles. The third kappa shape index (κ3) is 2.86. The largest absolute Gasteiger partial charge is 0.481 e. The van der Waals surface area contributed by atoms with Gasteiger partial charge < -0.3 is 19.5 Å². The molecular formula is C18H20N4O3. The lowest BCUT2D eigenvalue weighted by molar-refractivity contribution is -0.118. The number of fused-ring (bicyclic) bond motifs is 1. The van der Waals surface area contributed by atoms with Crippen LogP contribution in [0.1, 0.15) is 35.1 Å². The van der Waals surface area contributed by atoms with Crippen molar-refractivity contribution in [3.63, 3.8) is 0 Å². The van der Waals surface area contributed by atoms with Crippen molar-refractivity contribution in [1.29, 1.82) is 0 Å². The number of aryl methyl sites for hydroxylation is 1. The minimum Gasteiger partial charge on any atom is -0.481 e. The van der Waals surface area contributed by atoms with Gasteiger partial charge in [0.05, 0.1) is 17.3 Å². The lowest BCUT2D eigenvalue weighted by atomic mass is 10.0. The van der Waals surface area contributed by atoms with Gasteiger partial charge in [-0.3, -0.25) is 9.59 Å². The Morgan fingerprint density at radius 1 is 1.40 bits per heavy atom. The number of carbonyl (C=O) groups excluding carboxylic acids is 2. The summed E-state index contributed by atoms with van der Waals surface area (Å²) in [6.45, 7) is 3.28. The Balaban J connectivity index is 1.58. The molecule has 1 unspecified atom stereocenters. The number of nitrogens with zero attached hydrogens (tertiary/aromatic N) is 3. The van der Waals surface area contributed by atoms with Crippen molar-refractivity contribution in [2.45, 2.75) is 25.8 Å². The number of anilines is 1. The molecule has 7 heteroatoms. The molecule has 1 aromatic heterocycles. The molecular weight excluding hydrogens is 320 g/mol. The lowest BCUT2D eigenvalue weighted by Gasteiger charge is -2.34. The smallest absolute Gasteiger partial charge is 0.262 e. The first-order chi connectivity index (χ1) is 12.1. The Labute approximate surface area is 145 Å². The van der Waals surface area contributed by atoms with E-state index in [1.54, 1.807) is 24.4 Å². The fourth-order valence-electron chi connectivity index (χ4n) is 3.59. The maximum atomic E-state index is 13.1. The number of imidazole rings is 1. The number of rotatable bonds is 2. The molecule has 4 rings (SSSR count). The van der Waals surface area contributed by atoms with E-state index in [0.717, 1.165) is 25.2 Å². The fraction of sp³-hybridized carbons (Fsp3) is 0.389. The highest BCUT2D eigenvalue weighted by Gasteiger charge is 2.29. The summed E-state index contributed by atoms with van der Waals surface area (Å²) < 4.78 is 7.66. The predicted molar refractivity (Wildman–Crippen MR) is 91.7 cm³/mol. The molecule has 0 spiro atoms. The van der Waals surface area contributed by atoms with Crippen molar-refractivity contribution in [2.75, 3.05) is 25.0 Å².